The topological polar surface area (TPSA) is 72.3 Å². The molecule has 1 N–H and O–H groups in total. The molecule has 1 heterocycles. The predicted molar refractivity (Wildman–Crippen MR) is 78.7 cm³/mol. The Balaban J connectivity index is 2.52. The fourth-order valence-electron chi connectivity index (χ4n) is 2.16. The van der Waals surface area contributed by atoms with Gasteiger partial charge in [-0.05, 0) is 25.0 Å². The quantitative estimate of drug-likeness (QED) is 0.888. The number of aromatic carboxylic acids is 1. The van der Waals surface area contributed by atoms with Gasteiger partial charge in [0.15, 0.2) is 0 Å². The van der Waals surface area contributed by atoms with Crippen LogP contribution in [0.2, 0.25) is 0 Å². The van der Waals surface area contributed by atoms with Crippen molar-refractivity contribution in [1.82, 2.24) is 9.97 Å². The summed E-state index contributed by atoms with van der Waals surface area (Å²) in [6, 6.07) is 6.42. The number of carboxylic acids is 1. The summed E-state index contributed by atoms with van der Waals surface area (Å²) in [5, 5.41) is 9.08. The normalized spacial score (nSPS) is 10.5. The van der Waals surface area contributed by atoms with Gasteiger partial charge in [-0.1, -0.05) is 25.1 Å². The number of hydrogen-bond donors (Lipinski definition) is 1. The Morgan fingerprint density at radius 1 is 1.27 bits per heavy atom. The molecule has 1 aromatic carbocycles. The van der Waals surface area contributed by atoms with Gasteiger partial charge in [0.25, 0.3) is 0 Å². The van der Waals surface area contributed by atoms with E-state index in [2.05, 4.69) is 9.97 Å². The summed E-state index contributed by atoms with van der Waals surface area (Å²) < 4.78 is 19.3. The van der Waals surface area contributed by atoms with E-state index < -0.39 is 5.97 Å². The third-order valence-electron chi connectivity index (χ3n) is 3.19. The second kappa shape index (κ2) is 6.98. The second-order valence-electron chi connectivity index (χ2n) is 4.64. The molecule has 2 aromatic rings. The van der Waals surface area contributed by atoms with Gasteiger partial charge in [0, 0.05) is 12.0 Å². The highest BCUT2D eigenvalue weighted by Crippen LogP contribution is 2.24. The molecule has 116 valence electrons. The Hall–Kier alpha value is -2.50. The summed E-state index contributed by atoms with van der Waals surface area (Å²) in [4.78, 5) is 19.1. The van der Waals surface area contributed by atoms with E-state index in [1.807, 2.05) is 6.92 Å². The molecule has 5 nitrogen and oxygen atoms in total. The van der Waals surface area contributed by atoms with Crippen LogP contribution < -0.4 is 4.74 Å². The molecule has 0 aliphatic rings. The highest BCUT2D eigenvalue weighted by molar-refractivity contribution is 5.83. The Kier molecular flexibility index (Phi) is 5.04. The molecule has 2 rings (SSSR count). The van der Waals surface area contributed by atoms with E-state index in [1.165, 1.54) is 6.07 Å². The monoisotopic (exact) mass is 304 g/mol. The van der Waals surface area contributed by atoms with E-state index >= 15 is 0 Å². The number of nitrogens with zero attached hydrogens (tertiary/aromatic N) is 2. The van der Waals surface area contributed by atoms with Crippen LogP contribution in [-0.4, -0.2) is 27.7 Å². The number of aromatic nitrogens is 2. The van der Waals surface area contributed by atoms with Gasteiger partial charge in [-0.25, -0.2) is 14.2 Å². The first-order valence-electron chi connectivity index (χ1n) is 7.06. The van der Waals surface area contributed by atoms with Crippen LogP contribution in [0.25, 0.3) is 0 Å². The molecule has 0 unspecified atom stereocenters. The predicted octanol–water partition coefficient (Wildman–Crippen LogP) is 2.87. The number of ether oxygens (including phenoxy) is 1. The van der Waals surface area contributed by atoms with Crippen molar-refractivity contribution in [2.75, 3.05) is 6.61 Å². The summed E-state index contributed by atoms with van der Waals surface area (Å²) in [6.45, 7) is 3.97. The van der Waals surface area contributed by atoms with Crippen molar-refractivity contribution < 1.29 is 19.0 Å². The smallest absolute Gasteiger partial charge is 0.374 e. The summed E-state index contributed by atoms with van der Waals surface area (Å²) in [6.07, 6.45) is 0.762. The first-order valence-corrected chi connectivity index (χ1v) is 7.06. The van der Waals surface area contributed by atoms with Crippen LogP contribution >= 0.6 is 0 Å². The van der Waals surface area contributed by atoms with E-state index in [9.17, 15) is 9.18 Å². The first-order chi connectivity index (χ1) is 10.6. The van der Waals surface area contributed by atoms with Crippen LogP contribution in [0.5, 0.6) is 5.88 Å². The number of hydrogen-bond acceptors (Lipinski definition) is 4. The lowest BCUT2D eigenvalue weighted by Gasteiger charge is -2.14. The SMILES string of the molecule is CCOc1nc(C(=O)O)nc(CC)c1Cc1ccccc1F. The fraction of sp³-hybridized carbons (Fsp3) is 0.312. The van der Waals surface area contributed by atoms with Crippen molar-refractivity contribution in [1.29, 1.82) is 0 Å². The molecule has 0 atom stereocenters. The number of carbonyl (C=O) groups is 1. The van der Waals surface area contributed by atoms with Crippen LogP contribution in [0, 0.1) is 5.82 Å². The van der Waals surface area contributed by atoms with E-state index in [0.717, 1.165) is 0 Å². The molecule has 0 spiro atoms. The van der Waals surface area contributed by atoms with Gasteiger partial charge in [0.05, 0.1) is 12.3 Å². The molecule has 0 radical (unpaired) electrons. The molecular weight excluding hydrogens is 287 g/mol. The van der Waals surface area contributed by atoms with Crippen LogP contribution in [0.4, 0.5) is 4.39 Å². The summed E-state index contributed by atoms with van der Waals surface area (Å²) in [7, 11) is 0. The standard InChI is InChI=1S/C16H17FN2O3/c1-3-13-11(9-10-7-5-6-8-12(10)17)15(22-4-2)19-14(18-13)16(20)21/h5-8H,3-4,9H2,1-2H3,(H,20,21). The lowest BCUT2D eigenvalue weighted by Crippen LogP contribution is -2.13. The number of carboxylic acid groups (broad SMARTS) is 1. The third kappa shape index (κ3) is 3.39. The average Bonchev–Trinajstić information content (AvgIpc) is 2.50. The number of benzene rings is 1. The fourth-order valence-corrected chi connectivity index (χ4v) is 2.16. The van der Waals surface area contributed by atoms with Crippen molar-refractivity contribution in [3.05, 3.63) is 52.7 Å². The molecule has 22 heavy (non-hydrogen) atoms. The Morgan fingerprint density at radius 2 is 2.00 bits per heavy atom. The van der Waals surface area contributed by atoms with Gasteiger partial charge in [0.2, 0.25) is 11.7 Å². The van der Waals surface area contributed by atoms with Gasteiger partial charge in [-0.3, -0.25) is 0 Å². The number of halogens is 1. The van der Waals surface area contributed by atoms with Gasteiger partial charge in [0.1, 0.15) is 5.82 Å². The molecule has 0 saturated carbocycles. The zero-order valence-corrected chi connectivity index (χ0v) is 12.5. The van der Waals surface area contributed by atoms with Crippen molar-refractivity contribution >= 4 is 5.97 Å². The van der Waals surface area contributed by atoms with Gasteiger partial charge in [-0.15, -0.1) is 0 Å². The minimum absolute atomic E-state index is 0.204. The highest BCUT2D eigenvalue weighted by Gasteiger charge is 2.19. The summed E-state index contributed by atoms with van der Waals surface area (Å²) in [5.41, 5.74) is 1.67. The Morgan fingerprint density at radius 3 is 2.59 bits per heavy atom. The van der Waals surface area contributed by atoms with Gasteiger partial charge in [-0.2, -0.15) is 4.98 Å². The van der Waals surface area contributed by atoms with Crippen molar-refractivity contribution in [3.8, 4) is 5.88 Å². The van der Waals surface area contributed by atoms with Gasteiger partial charge >= 0.3 is 5.97 Å². The minimum atomic E-state index is -1.21. The molecule has 0 fully saturated rings. The molecule has 0 aliphatic heterocycles. The molecular formula is C16H17FN2O3. The maximum absolute atomic E-state index is 13.9. The summed E-state index contributed by atoms with van der Waals surface area (Å²) in [5.74, 6) is -1.64. The van der Waals surface area contributed by atoms with Crippen LogP contribution in [0.3, 0.4) is 0 Å². The molecule has 0 aliphatic carbocycles. The molecule has 1 aromatic heterocycles. The van der Waals surface area contributed by atoms with E-state index in [0.29, 0.717) is 29.8 Å². The first kappa shape index (κ1) is 15.9. The minimum Gasteiger partial charge on any atom is -0.478 e. The maximum Gasteiger partial charge on any atom is 0.374 e. The van der Waals surface area contributed by atoms with E-state index in [4.69, 9.17) is 9.84 Å². The molecule has 6 heteroatoms. The third-order valence-corrected chi connectivity index (χ3v) is 3.19. The van der Waals surface area contributed by atoms with Crippen molar-refractivity contribution in [2.45, 2.75) is 26.7 Å². The summed E-state index contributed by atoms with van der Waals surface area (Å²) >= 11 is 0. The Bertz CT molecular complexity index is 689. The van der Waals surface area contributed by atoms with Crippen LogP contribution in [0.1, 0.15) is 41.3 Å². The van der Waals surface area contributed by atoms with Crippen molar-refractivity contribution in [3.63, 3.8) is 0 Å². The largest absolute Gasteiger partial charge is 0.478 e. The average molecular weight is 304 g/mol. The van der Waals surface area contributed by atoms with Crippen LogP contribution in [-0.2, 0) is 12.8 Å². The van der Waals surface area contributed by atoms with E-state index in [1.54, 1.807) is 25.1 Å². The van der Waals surface area contributed by atoms with Crippen molar-refractivity contribution in [2.24, 2.45) is 0 Å². The lowest BCUT2D eigenvalue weighted by molar-refractivity contribution is 0.0681. The molecule has 0 bridgehead atoms. The van der Waals surface area contributed by atoms with Crippen LogP contribution in [0.15, 0.2) is 24.3 Å². The maximum atomic E-state index is 13.9. The van der Waals surface area contributed by atoms with Gasteiger partial charge < -0.3 is 9.84 Å². The number of aryl methyl sites for hydroxylation is 1. The van der Waals surface area contributed by atoms with E-state index in [-0.39, 0.29) is 23.9 Å². The highest BCUT2D eigenvalue weighted by atomic mass is 19.1. The number of rotatable bonds is 6. The molecule has 0 amide bonds. The second-order valence-corrected chi connectivity index (χ2v) is 4.64. The lowest BCUT2D eigenvalue weighted by atomic mass is 10.0. The molecule has 0 saturated heterocycles. The Labute approximate surface area is 127 Å². The zero-order chi connectivity index (χ0) is 16.1. The zero-order valence-electron chi connectivity index (χ0n) is 12.5.